The molecule has 0 aromatic rings. The summed E-state index contributed by atoms with van der Waals surface area (Å²) in [5, 5.41) is 3.33. The van der Waals surface area contributed by atoms with Crippen LogP contribution in [-0.2, 0) is 52.2 Å². The summed E-state index contributed by atoms with van der Waals surface area (Å²) in [6, 6.07) is 0. The van der Waals surface area contributed by atoms with Gasteiger partial charge in [-0.25, -0.2) is 0 Å². The number of ether oxygens (including phenoxy) is 10. The lowest BCUT2D eigenvalue weighted by Gasteiger charge is -2.22. The van der Waals surface area contributed by atoms with Crippen LogP contribution in [0.2, 0.25) is 0 Å². The van der Waals surface area contributed by atoms with Crippen molar-refractivity contribution in [3.8, 4) is 0 Å². The number of hydrogen-bond donors (Lipinski definition) is 1. The maximum atomic E-state index is 11.8. The van der Waals surface area contributed by atoms with E-state index in [1.54, 1.807) is 0 Å². The Morgan fingerprint density at radius 3 is 1.21 bits per heavy atom. The summed E-state index contributed by atoms with van der Waals surface area (Å²) in [5.74, 6) is -0.133. The Kier molecular flexibility index (Phi) is 35.5. The summed E-state index contributed by atoms with van der Waals surface area (Å²) in [5.41, 5.74) is 0. The van der Waals surface area contributed by atoms with Gasteiger partial charge in [0.25, 0.3) is 0 Å². The molecule has 1 saturated heterocycles. The second-order valence-electron chi connectivity index (χ2n) is 11.5. The van der Waals surface area contributed by atoms with Crippen molar-refractivity contribution in [3.63, 3.8) is 0 Å². The van der Waals surface area contributed by atoms with Crippen LogP contribution in [0.25, 0.3) is 0 Å². The van der Waals surface area contributed by atoms with Gasteiger partial charge in [0, 0.05) is 6.42 Å². The third-order valence-electron chi connectivity index (χ3n) is 7.45. The molecule has 0 saturated carbocycles. The Bertz CT molecular complexity index is 626. The Morgan fingerprint density at radius 1 is 0.468 bits per heavy atom. The molecule has 1 heterocycles. The van der Waals surface area contributed by atoms with Gasteiger partial charge in [-0.2, -0.15) is 0 Å². The Hall–Kier alpha value is -0.930. The van der Waals surface area contributed by atoms with Gasteiger partial charge < -0.3 is 52.7 Å². The first-order valence-corrected chi connectivity index (χ1v) is 18.4. The molecule has 12 heteroatoms. The highest BCUT2D eigenvalue weighted by atomic mass is 16.6. The van der Waals surface area contributed by atoms with E-state index in [4.69, 9.17) is 47.4 Å². The second kappa shape index (κ2) is 37.9. The minimum Gasteiger partial charge on any atom is -0.463 e. The highest BCUT2D eigenvalue weighted by Gasteiger charge is 2.12. The molecule has 12 nitrogen and oxygen atoms in total. The molecule has 1 aliphatic rings. The molecular formula is C35H69NO11. The number of nitrogens with one attached hydrogen (secondary N) is 1. The largest absolute Gasteiger partial charge is 0.463 e. The van der Waals surface area contributed by atoms with Crippen molar-refractivity contribution in [1.29, 1.82) is 0 Å². The zero-order valence-electron chi connectivity index (χ0n) is 29.7. The molecule has 0 bridgehead atoms. The fourth-order valence-corrected chi connectivity index (χ4v) is 4.74. The first kappa shape index (κ1) is 44.1. The third kappa shape index (κ3) is 34.7. The average Bonchev–Trinajstić information content (AvgIpc) is 3.09. The summed E-state index contributed by atoms with van der Waals surface area (Å²) >= 11 is 0. The number of carbonyl (C=O) groups excluding carboxylic acids is 1. The normalized spacial score (nSPS) is 13.8. The number of unbranched alkanes of at least 4 members (excludes halogenated alkanes) is 8. The molecule has 0 amide bonds. The van der Waals surface area contributed by atoms with Crippen LogP contribution >= 0.6 is 0 Å². The van der Waals surface area contributed by atoms with E-state index in [1.165, 1.54) is 44.9 Å². The minimum atomic E-state index is -0.133. The summed E-state index contributed by atoms with van der Waals surface area (Å²) in [4.78, 5) is 11.8. The van der Waals surface area contributed by atoms with Gasteiger partial charge in [-0.05, 0) is 32.4 Å². The van der Waals surface area contributed by atoms with Crippen LogP contribution in [0, 0.1) is 0 Å². The molecule has 0 atom stereocenters. The number of esters is 1. The monoisotopic (exact) mass is 679 g/mol. The van der Waals surface area contributed by atoms with Gasteiger partial charge in [0.1, 0.15) is 6.61 Å². The van der Waals surface area contributed by atoms with Crippen molar-refractivity contribution in [2.24, 2.45) is 0 Å². The predicted octanol–water partition coefficient (Wildman–Crippen LogP) is 4.35. The topological polar surface area (TPSA) is 121 Å². The quantitative estimate of drug-likeness (QED) is 0.0738. The lowest BCUT2D eigenvalue weighted by atomic mass is 10.1. The van der Waals surface area contributed by atoms with Crippen LogP contribution in [0.1, 0.15) is 84.0 Å². The molecule has 0 aromatic heterocycles. The van der Waals surface area contributed by atoms with E-state index in [1.807, 2.05) is 0 Å². The first-order chi connectivity index (χ1) is 23.3. The van der Waals surface area contributed by atoms with Gasteiger partial charge in [0.15, 0.2) is 0 Å². The van der Waals surface area contributed by atoms with Crippen molar-refractivity contribution in [2.75, 3.05) is 132 Å². The van der Waals surface area contributed by atoms with E-state index in [-0.39, 0.29) is 5.97 Å². The number of hydrogen-bond acceptors (Lipinski definition) is 12. The summed E-state index contributed by atoms with van der Waals surface area (Å²) in [6.07, 6.45) is 14.2. The van der Waals surface area contributed by atoms with Crippen molar-refractivity contribution >= 4 is 5.97 Å². The van der Waals surface area contributed by atoms with Gasteiger partial charge in [0.05, 0.1) is 118 Å². The van der Waals surface area contributed by atoms with Crippen LogP contribution in [0.5, 0.6) is 0 Å². The molecular weight excluding hydrogens is 610 g/mol. The summed E-state index contributed by atoms with van der Waals surface area (Å²) in [7, 11) is 0. The molecule has 0 spiro atoms. The van der Waals surface area contributed by atoms with Crippen LogP contribution in [0.3, 0.4) is 0 Å². The van der Waals surface area contributed by atoms with E-state index in [9.17, 15) is 4.79 Å². The average molecular weight is 680 g/mol. The Morgan fingerprint density at radius 2 is 0.809 bits per heavy atom. The second-order valence-corrected chi connectivity index (χ2v) is 11.5. The highest BCUT2D eigenvalue weighted by Crippen LogP contribution is 2.11. The van der Waals surface area contributed by atoms with E-state index >= 15 is 0 Å². The number of rotatable bonds is 38. The van der Waals surface area contributed by atoms with Gasteiger partial charge in [-0.3, -0.25) is 4.79 Å². The predicted molar refractivity (Wildman–Crippen MR) is 181 cm³/mol. The fraction of sp³-hybridized carbons (Fsp3) is 0.971. The summed E-state index contributed by atoms with van der Waals surface area (Å²) in [6.45, 7) is 13.4. The van der Waals surface area contributed by atoms with Crippen molar-refractivity contribution in [1.82, 2.24) is 5.32 Å². The molecule has 0 radical (unpaired) electrons. The molecule has 1 N–H and O–H groups in total. The van der Waals surface area contributed by atoms with E-state index in [2.05, 4.69) is 12.2 Å². The number of carbonyl (C=O) groups is 1. The fourth-order valence-electron chi connectivity index (χ4n) is 4.74. The van der Waals surface area contributed by atoms with Crippen molar-refractivity contribution < 1.29 is 52.2 Å². The Balaban J connectivity index is 1.63. The van der Waals surface area contributed by atoms with Crippen LogP contribution in [-0.4, -0.2) is 144 Å². The molecule has 0 aromatic carbocycles. The van der Waals surface area contributed by atoms with Gasteiger partial charge in [-0.1, -0.05) is 58.3 Å². The molecule has 280 valence electrons. The van der Waals surface area contributed by atoms with E-state index in [0.29, 0.717) is 131 Å². The molecule has 1 aliphatic heterocycles. The minimum absolute atomic E-state index is 0.133. The smallest absolute Gasteiger partial charge is 0.305 e. The van der Waals surface area contributed by atoms with Gasteiger partial charge in [0.2, 0.25) is 0 Å². The van der Waals surface area contributed by atoms with Gasteiger partial charge >= 0.3 is 5.97 Å². The highest BCUT2D eigenvalue weighted by molar-refractivity contribution is 5.69. The standard InChI is InChI=1S/C35H69NO11/c1-2-3-4-5-6-7-8-9-10-11-35(37)47-33-31-45-29-27-43-25-23-41-21-19-39-17-16-38-18-20-40-22-24-42-26-28-44-30-32-46-34-12-14-36-15-13-34/h34,36H,2-33H2,1H3. The van der Waals surface area contributed by atoms with Crippen LogP contribution in [0.15, 0.2) is 0 Å². The van der Waals surface area contributed by atoms with Crippen molar-refractivity contribution in [3.05, 3.63) is 0 Å². The maximum absolute atomic E-state index is 11.8. The molecule has 0 aliphatic carbocycles. The van der Waals surface area contributed by atoms with Crippen LogP contribution < -0.4 is 5.32 Å². The summed E-state index contributed by atoms with van der Waals surface area (Å²) < 4.78 is 54.9. The van der Waals surface area contributed by atoms with E-state index < -0.39 is 0 Å². The Labute approximate surface area is 285 Å². The molecule has 47 heavy (non-hydrogen) atoms. The van der Waals surface area contributed by atoms with Gasteiger partial charge in [-0.15, -0.1) is 0 Å². The third-order valence-corrected chi connectivity index (χ3v) is 7.45. The zero-order valence-corrected chi connectivity index (χ0v) is 29.7. The molecule has 1 rings (SSSR count). The lowest BCUT2D eigenvalue weighted by molar-refractivity contribution is -0.145. The lowest BCUT2D eigenvalue weighted by Crippen LogP contribution is -2.33. The maximum Gasteiger partial charge on any atom is 0.305 e. The van der Waals surface area contributed by atoms with Crippen molar-refractivity contribution in [2.45, 2.75) is 90.1 Å². The SMILES string of the molecule is CCCCCCCCCCCC(=O)OCCOCCOCCOCCOCCOCCOCCOCCOCCOC1CCNCC1. The first-order valence-electron chi connectivity index (χ1n) is 18.4. The number of piperidine rings is 1. The van der Waals surface area contributed by atoms with E-state index in [0.717, 1.165) is 38.8 Å². The molecule has 1 fully saturated rings. The van der Waals surface area contributed by atoms with Crippen LogP contribution in [0.4, 0.5) is 0 Å². The zero-order chi connectivity index (χ0) is 33.6. The molecule has 0 unspecified atom stereocenters.